The summed E-state index contributed by atoms with van der Waals surface area (Å²) < 4.78 is 43.4. The topological polar surface area (TPSA) is 134 Å². The highest BCUT2D eigenvalue weighted by Gasteiger charge is 2.01. The molecule has 1 heterocycles. The third-order valence-electron chi connectivity index (χ3n) is 5.29. The second-order valence-corrected chi connectivity index (χ2v) is 8.92. The zero-order chi connectivity index (χ0) is 30.1. The number of hydrogen-bond donors (Lipinski definition) is 1. The molecule has 242 valence electrons. The molecule has 1 N–H and O–H groups in total. The molecule has 0 saturated carbocycles. The van der Waals surface area contributed by atoms with E-state index in [4.69, 9.17) is 37.9 Å². The van der Waals surface area contributed by atoms with Gasteiger partial charge in [-0.1, -0.05) is 5.21 Å². The molecule has 1 aromatic heterocycles. The van der Waals surface area contributed by atoms with Gasteiger partial charge in [-0.3, -0.25) is 9.48 Å². The molecule has 41 heavy (non-hydrogen) atoms. The van der Waals surface area contributed by atoms with Crippen molar-refractivity contribution in [3.8, 4) is 0 Å². The molecule has 0 aromatic carbocycles. The van der Waals surface area contributed by atoms with Gasteiger partial charge in [-0.25, -0.2) is 0 Å². The van der Waals surface area contributed by atoms with Crippen LogP contribution in [0.2, 0.25) is 0 Å². The van der Waals surface area contributed by atoms with E-state index in [-0.39, 0.29) is 12.4 Å². The maximum Gasteiger partial charge on any atom is 0.172 e. The molecule has 13 nitrogen and oxygen atoms in total. The Morgan fingerprint density at radius 3 is 2.02 bits per heavy atom. The number of aromatic nitrogens is 3. The monoisotopic (exact) mass is 592 g/mol. The van der Waals surface area contributed by atoms with E-state index in [1.807, 2.05) is 17.8 Å². The summed E-state index contributed by atoms with van der Waals surface area (Å²) in [5.41, 5.74) is 0.970. The van der Waals surface area contributed by atoms with Gasteiger partial charge >= 0.3 is 0 Å². The van der Waals surface area contributed by atoms with Crippen molar-refractivity contribution in [3.05, 3.63) is 11.9 Å². The van der Waals surface area contributed by atoms with E-state index in [1.54, 1.807) is 14.2 Å². The number of carbonyl (C=O) groups is 1. The molecule has 1 aromatic rings. The summed E-state index contributed by atoms with van der Waals surface area (Å²) in [7, 11) is 4.90. The quantitative estimate of drug-likeness (QED) is 0.130. The van der Waals surface area contributed by atoms with Crippen LogP contribution in [0.15, 0.2) is 6.20 Å². The second kappa shape index (κ2) is 33.0. The van der Waals surface area contributed by atoms with Gasteiger partial charge in [0.2, 0.25) is 0 Å². The number of Topliss-reactive ketones (excluding diaryl/α,β-unsaturated/α-hetero) is 1. The Kier molecular flexibility index (Phi) is 31.7. The SMILES string of the molecule is CCOCCOCCOCCCOCCc1cn(CCCCOC)nn1.COCCCOCCNCC(=O)COC. The van der Waals surface area contributed by atoms with Crippen LogP contribution in [-0.2, 0) is 55.7 Å². The number of carbonyl (C=O) groups excluding carboxylic acids is 1. The van der Waals surface area contributed by atoms with Crippen LogP contribution >= 0.6 is 0 Å². The van der Waals surface area contributed by atoms with Crippen molar-refractivity contribution in [2.45, 2.75) is 45.6 Å². The van der Waals surface area contributed by atoms with Crippen LogP contribution < -0.4 is 5.32 Å². The van der Waals surface area contributed by atoms with Gasteiger partial charge < -0.3 is 43.2 Å². The van der Waals surface area contributed by atoms with E-state index in [1.165, 1.54) is 7.11 Å². The fourth-order valence-corrected chi connectivity index (χ4v) is 3.20. The number of methoxy groups -OCH3 is 3. The normalized spacial score (nSPS) is 11.0. The summed E-state index contributed by atoms with van der Waals surface area (Å²) in [6.45, 7) is 12.1. The average Bonchev–Trinajstić information content (AvgIpc) is 3.43. The lowest BCUT2D eigenvalue weighted by atomic mass is 10.3. The first kappa shape index (κ1) is 39.5. The van der Waals surface area contributed by atoms with Crippen LogP contribution in [0.4, 0.5) is 0 Å². The van der Waals surface area contributed by atoms with Crippen LogP contribution in [0.5, 0.6) is 0 Å². The van der Waals surface area contributed by atoms with Crippen molar-refractivity contribution in [2.24, 2.45) is 0 Å². The molecule has 0 aliphatic carbocycles. The molecular formula is C28H56N4O9. The van der Waals surface area contributed by atoms with E-state index >= 15 is 0 Å². The lowest BCUT2D eigenvalue weighted by molar-refractivity contribution is -0.121. The maximum absolute atomic E-state index is 11.0. The second-order valence-electron chi connectivity index (χ2n) is 8.92. The average molecular weight is 593 g/mol. The molecule has 0 saturated heterocycles. The minimum Gasteiger partial charge on any atom is -0.385 e. The number of nitrogens with zero attached hydrogens (tertiary/aromatic N) is 3. The van der Waals surface area contributed by atoms with E-state index < -0.39 is 0 Å². The number of nitrogens with one attached hydrogen (secondary N) is 1. The standard InChI is InChI=1S/C18H35N3O5.C10H21NO4/c1-3-23-13-14-26-16-15-25-11-6-10-24-12-7-18-17-21(20-19-18)8-4-5-9-22-2;1-13-5-3-6-15-7-4-11-8-10(12)9-14-2/h17H,3-16H2,1-2H3;11H,3-9H2,1-2H3. The lowest BCUT2D eigenvalue weighted by Gasteiger charge is -2.06. The van der Waals surface area contributed by atoms with Crippen LogP contribution in [0.3, 0.4) is 0 Å². The molecule has 0 bridgehead atoms. The molecule has 13 heteroatoms. The zero-order valence-corrected chi connectivity index (χ0v) is 25.9. The van der Waals surface area contributed by atoms with Crippen molar-refractivity contribution in [3.63, 3.8) is 0 Å². The predicted molar refractivity (Wildman–Crippen MR) is 155 cm³/mol. The number of aryl methyl sites for hydroxylation is 1. The van der Waals surface area contributed by atoms with Crippen LogP contribution in [0, 0.1) is 0 Å². The van der Waals surface area contributed by atoms with Crippen molar-refractivity contribution in [2.75, 3.05) is 120 Å². The smallest absolute Gasteiger partial charge is 0.172 e. The minimum absolute atomic E-state index is 0.0527. The summed E-state index contributed by atoms with van der Waals surface area (Å²) in [4.78, 5) is 11.0. The Labute approximate surface area is 246 Å². The highest BCUT2D eigenvalue weighted by Crippen LogP contribution is 1.99. The number of unbranched alkanes of at least 4 members (excludes halogenated alkanes) is 1. The number of ketones is 1. The first-order valence-electron chi connectivity index (χ1n) is 14.6. The molecule has 0 spiro atoms. The van der Waals surface area contributed by atoms with E-state index in [9.17, 15) is 4.79 Å². The van der Waals surface area contributed by atoms with Gasteiger partial charge in [0.1, 0.15) is 6.61 Å². The van der Waals surface area contributed by atoms with Crippen molar-refractivity contribution < 1.29 is 42.7 Å². The largest absolute Gasteiger partial charge is 0.385 e. The summed E-state index contributed by atoms with van der Waals surface area (Å²) in [6.07, 6.45) is 6.64. The van der Waals surface area contributed by atoms with Gasteiger partial charge in [0, 0.05) is 86.7 Å². The molecule has 0 aliphatic heterocycles. The number of hydrogen-bond acceptors (Lipinski definition) is 12. The number of ether oxygens (including phenoxy) is 8. The Hall–Kier alpha value is -1.55. The zero-order valence-electron chi connectivity index (χ0n) is 25.9. The Morgan fingerprint density at radius 2 is 1.34 bits per heavy atom. The van der Waals surface area contributed by atoms with Gasteiger partial charge in [-0.05, 0) is 32.6 Å². The van der Waals surface area contributed by atoms with Gasteiger partial charge in [-0.2, -0.15) is 0 Å². The third kappa shape index (κ3) is 29.7. The molecule has 0 unspecified atom stereocenters. The van der Waals surface area contributed by atoms with E-state index in [0.29, 0.717) is 72.6 Å². The van der Waals surface area contributed by atoms with Crippen molar-refractivity contribution in [1.29, 1.82) is 0 Å². The molecule has 0 atom stereocenters. The Morgan fingerprint density at radius 1 is 0.732 bits per heavy atom. The highest BCUT2D eigenvalue weighted by atomic mass is 16.5. The van der Waals surface area contributed by atoms with E-state index in [0.717, 1.165) is 64.2 Å². The van der Waals surface area contributed by atoms with Crippen molar-refractivity contribution in [1.82, 2.24) is 20.3 Å². The maximum atomic E-state index is 11.0. The molecule has 0 radical (unpaired) electrons. The summed E-state index contributed by atoms with van der Waals surface area (Å²) in [6, 6.07) is 0. The Bertz CT molecular complexity index is 668. The Balaban J connectivity index is 0.000000909. The van der Waals surface area contributed by atoms with Gasteiger partial charge in [0.05, 0.1) is 51.9 Å². The highest BCUT2D eigenvalue weighted by molar-refractivity contribution is 5.81. The third-order valence-corrected chi connectivity index (χ3v) is 5.29. The molecular weight excluding hydrogens is 536 g/mol. The molecule has 0 aliphatic rings. The molecule has 1 rings (SSSR count). The first-order valence-corrected chi connectivity index (χ1v) is 14.6. The molecule has 0 fully saturated rings. The van der Waals surface area contributed by atoms with Crippen LogP contribution in [-0.4, -0.2) is 141 Å². The minimum atomic E-state index is 0.0527. The lowest BCUT2D eigenvalue weighted by Crippen LogP contribution is -2.28. The van der Waals surface area contributed by atoms with E-state index in [2.05, 4.69) is 15.6 Å². The summed E-state index contributed by atoms with van der Waals surface area (Å²) >= 11 is 0. The first-order chi connectivity index (χ1) is 20.2. The van der Waals surface area contributed by atoms with Crippen LogP contribution in [0.1, 0.15) is 38.3 Å². The fraction of sp³-hybridized carbons (Fsp3) is 0.893. The summed E-state index contributed by atoms with van der Waals surface area (Å²) in [5.74, 6) is 0.0527. The van der Waals surface area contributed by atoms with Crippen LogP contribution in [0.25, 0.3) is 0 Å². The number of rotatable bonds is 30. The van der Waals surface area contributed by atoms with Gasteiger partial charge in [0.15, 0.2) is 5.78 Å². The van der Waals surface area contributed by atoms with Crippen molar-refractivity contribution >= 4 is 5.78 Å². The molecule has 0 amide bonds. The summed E-state index contributed by atoms with van der Waals surface area (Å²) in [5, 5.41) is 11.3. The van der Waals surface area contributed by atoms with Gasteiger partial charge in [0.25, 0.3) is 0 Å². The van der Waals surface area contributed by atoms with Gasteiger partial charge in [-0.15, -0.1) is 5.10 Å². The fourth-order valence-electron chi connectivity index (χ4n) is 3.20. The predicted octanol–water partition coefficient (Wildman–Crippen LogP) is 1.57.